The lowest BCUT2D eigenvalue weighted by molar-refractivity contribution is -0.127. The van der Waals surface area contributed by atoms with Crippen LogP contribution in [0.1, 0.15) is 11.1 Å². The monoisotopic (exact) mass is 678 g/mol. The minimum absolute atomic E-state index is 0.229. The summed E-state index contributed by atoms with van der Waals surface area (Å²) in [6.45, 7) is 0.0128. The van der Waals surface area contributed by atoms with Gasteiger partial charge in [0.05, 0.1) is 15.6 Å². The molecule has 1 heterocycles. The molecular weight excluding hydrogens is 659 g/mol. The minimum atomic E-state index is -0.519. The lowest BCUT2D eigenvalue weighted by Crippen LogP contribution is -2.36. The number of imide groups is 1. The highest BCUT2D eigenvalue weighted by Crippen LogP contribution is 2.37. The number of hydrogen-bond donors (Lipinski definition) is 1. The van der Waals surface area contributed by atoms with Gasteiger partial charge in [-0.05, 0) is 88.0 Å². The van der Waals surface area contributed by atoms with Gasteiger partial charge in [0.1, 0.15) is 13.2 Å². The van der Waals surface area contributed by atoms with Gasteiger partial charge < -0.3 is 14.8 Å². The third-order valence-corrected chi connectivity index (χ3v) is 7.32. The number of hydrogen-bond acceptors (Lipinski definition) is 6. The number of halogens is 2. The van der Waals surface area contributed by atoms with Gasteiger partial charge in [-0.15, -0.1) is 0 Å². The van der Waals surface area contributed by atoms with Crippen LogP contribution in [-0.2, 0) is 16.2 Å². The Labute approximate surface area is 234 Å². The van der Waals surface area contributed by atoms with Crippen LogP contribution in [0.2, 0.25) is 0 Å². The molecule has 1 aliphatic rings. The molecule has 0 radical (unpaired) electrons. The Morgan fingerprint density at radius 2 is 1.83 bits per heavy atom. The molecule has 1 aliphatic heterocycles. The lowest BCUT2D eigenvalue weighted by Gasteiger charge is -2.14. The summed E-state index contributed by atoms with van der Waals surface area (Å²) in [5.41, 5.74) is 2.27. The van der Waals surface area contributed by atoms with Crippen molar-refractivity contribution in [3.63, 3.8) is 0 Å². The van der Waals surface area contributed by atoms with Crippen LogP contribution in [0.5, 0.6) is 11.5 Å². The van der Waals surface area contributed by atoms with Gasteiger partial charge in [-0.1, -0.05) is 46.3 Å². The maximum absolute atomic E-state index is 12.9. The first-order valence-corrected chi connectivity index (χ1v) is 13.4. The second kappa shape index (κ2) is 11.9. The van der Waals surface area contributed by atoms with Crippen LogP contribution in [-0.4, -0.2) is 35.6 Å². The number of carbonyl (C=O) groups excluding carboxylic acids is 3. The largest absolute Gasteiger partial charge is 0.493 e. The summed E-state index contributed by atoms with van der Waals surface area (Å²) in [6.07, 6.45) is 1.61. The Morgan fingerprint density at radius 1 is 1.11 bits per heavy atom. The molecule has 0 saturated carbocycles. The molecular formula is C26H20BrIN2O5S. The number of ether oxygens (including phenoxy) is 2. The van der Waals surface area contributed by atoms with Crippen LogP contribution in [0, 0.1) is 3.57 Å². The van der Waals surface area contributed by atoms with Gasteiger partial charge in [0.15, 0.2) is 11.5 Å². The summed E-state index contributed by atoms with van der Waals surface area (Å²) in [4.78, 5) is 38.9. The number of carbonyl (C=O) groups is 3. The minimum Gasteiger partial charge on any atom is -0.493 e. The van der Waals surface area contributed by atoms with E-state index in [1.165, 1.54) is 0 Å². The van der Waals surface area contributed by atoms with Crippen molar-refractivity contribution in [3.8, 4) is 11.5 Å². The normalized spacial score (nSPS) is 14.3. The van der Waals surface area contributed by atoms with Crippen molar-refractivity contribution in [1.82, 2.24) is 4.90 Å². The average molecular weight is 679 g/mol. The maximum atomic E-state index is 12.9. The summed E-state index contributed by atoms with van der Waals surface area (Å²) in [6, 6.07) is 20.4. The van der Waals surface area contributed by atoms with Crippen LogP contribution >= 0.6 is 50.3 Å². The van der Waals surface area contributed by atoms with Crippen LogP contribution in [0.25, 0.3) is 6.08 Å². The highest BCUT2D eigenvalue weighted by atomic mass is 127. The van der Waals surface area contributed by atoms with Crippen molar-refractivity contribution in [3.05, 3.63) is 90.8 Å². The van der Waals surface area contributed by atoms with E-state index in [0.29, 0.717) is 29.4 Å². The standard InChI is InChI=1S/C26H20BrIN2O5S/c1-34-21-12-17(11-20(28)24(21)35-15-16-5-3-2-4-6-16)13-22-25(32)30(26(33)36-22)14-23(31)29-19-9-7-18(27)8-10-19/h2-13H,14-15H2,1H3,(H,29,31)/b22-13+. The van der Waals surface area contributed by atoms with Gasteiger partial charge in [-0.25, -0.2) is 0 Å². The van der Waals surface area contributed by atoms with Gasteiger partial charge in [0.2, 0.25) is 5.91 Å². The molecule has 0 bridgehead atoms. The molecule has 0 aromatic heterocycles. The predicted octanol–water partition coefficient (Wildman–Crippen LogP) is 6.32. The number of thioether (sulfide) groups is 1. The smallest absolute Gasteiger partial charge is 0.294 e. The van der Waals surface area contributed by atoms with Gasteiger partial charge in [-0.3, -0.25) is 19.3 Å². The van der Waals surface area contributed by atoms with E-state index in [1.54, 1.807) is 43.5 Å². The first-order valence-electron chi connectivity index (χ1n) is 10.7. The van der Waals surface area contributed by atoms with Crippen molar-refractivity contribution in [1.29, 1.82) is 0 Å². The molecule has 36 heavy (non-hydrogen) atoms. The van der Waals surface area contributed by atoms with Crippen molar-refractivity contribution < 1.29 is 23.9 Å². The van der Waals surface area contributed by atoms with E-state index < -0.39 is 17.1 Å². The fourth-order valence-corrected chi connectivity index (χ4v) is 5.24. The number of nitrogens with one attached hydrogen (secondary N) is 1. The van der Waals surface area contributed by atoms with Crippen molar-refractivity contribution in [2.45, 2.75) is 6.61 Å². The molecule has 1 fully saturated rings. The molecule has 4 rings (SSSR count). The second-order valence-corrected chi connectivity index (χ2v) is 10.7. The number of nitrogens with zero attached hydrogens (tertiary/aromatic N) is 1. The van der Waals surface area contributed by atoms with Crippen molar-refractivity contribution in [2.24, 2.45) is 0 Å². The van der Waals surface area contributed by atoms with E-state index in [9.17, 15) is 14.4 Å². The highest BCUT2D eigenvalue weighted by Gasteiger charge is 2.36. The Morgan fingerprint density at radius 3 is 2.53 bits per heavy atom. The molecule has 0 atom stereocenters. The first-order chi connectivity index (χ1) is 17.3. The molecule has 0 aliphatic carbocycles. The van der Waals surface area contributed by atoms with E-state index in [2.05, 4.69) is 43.8 Å². The molecule has 3 amide bonds. The lowest BCUT2D eigenvalue weighted by atomic mass is 10.1. The van der Waals surface area contributed by atoms with E-state index in [-0.39, 0.29) is 11.4 Å². The second-order valence-electron chi connectivity index (χ2n) is 7.63. The molecule has 3 aromatic carbocycles. The zero-order valence-corrected chi connectivity index (χ0v) is 23.6. The number of rotatable bonds is 8. The molecule has 184 valence electrons. The summed E-state index contributed by atoms with van der Waals surface area (Å²) in [5.74, 6) is 0.125. The summed E-state index contributed by atoms with van der Waals surface area (Å²) < 4.78 is 13.2. The summed E-state index contributed by atoms with van der Waals surface area (Å²) in [7, 11) is 1.54. The summed E-state index contributed by atoms with van der Waals surface area (Å²) in [5, 5.41) is 2.19. The number of anilines is 1. The van der Waals surface area contributed by atoms with E-state index in [0.717, 1.165) is 30.3 Å². The zero-order chi connectivity index (χ0) is 25.7. The average Bonchev–Trinajstić information content (AvgIpc) is 3.12. The fraction of sp³-hybridized carbons (Fsp3) is 0.115. The van der Waals surface area contributed by atoms with E-state index >= 15 is 0 Å². The number of methoxy groups -OCH3 is 1. The van der Waals surface area contributed by atoms with Gasteiger partial charge in [-0.2, -0.15) is 0 Å². The number of amides is 3. The van der Waals surface area contributed by atoms with Crippen LogP contribution in [0.3, 0.4) is 0 Å². The summed E-state index contributed by atoms with van der Waals surface area (Å²) >= 11 is 6.27. The van der Waals surface area contributed by atoms with Crippen LogP contribution in [0.4, 0.5) is 10.5 Å². The molecule has 1 N–H and O–H groups in total. The molecule has 3 aromatic rings. The van der Waals surface area contributed by atoms with Gasteiger partial charge >= 0.3 is 0 Å². The highest BCUT2D eigenvalue weighted by molar-refractivity contribution is 14.1. The topological polar surface area (TPSA) is 84.9 Å². The third-order valence-electron chi connectivity index (χ3n) is 5.08. The Hall–Kier alpha value is -2.83. The molecule has 0 unspecified atom stereocenters. The van der Waals surface area contributed by atoms with E-state index in [4.69, 9.17) is 9.47 Å². The first kappa shape index (κ1) is 26.2. The molecule has 0 spiro atoms. The Kier molecular flexibility index (Phi) is 8.70. The quantitative estimate of drug-likeness (QED) is 0.222. The SMILES string of the molecule is COc1cc(/C=C2/SC(=O)N(CC(=O)Nc3ccc(Br)cc3)C2=O)cc(I)c1OCc1ccccc1. The van der Waals surface area contributed by atoms with Crippen LogP contribution in [0.15, 0.2) is 76.1 Å². The van der Waals surface area contributed by atoms with E-state index in [1.807, 2.05) is 36.4 Å². The number of benzene rings is 3. The molecule has 10 heteroatoms. The van der Waals surface area contributed by atoms with Gasteiger partial charge in [0, 0.05) is 10.2 Å². The molecule has 1 saturated heterocycles. The maximum Gasteiger partial charge on any atom is 0.294 e. The Balaban J connectivity index is 1.46. The Bertz CT molecular complexity index is 1330. The van der Waals surface area contributed by atoms with Crippen molar-refractivity contribution >= 4 is 79.1 Å². The van der Waals surface area contributed by atoms with Gasteiger partial charge in [0.25, 0.3) is 11.1 Å². The zero-order valence-electron chi connectivity index (χ0n) is 19.0. The molecule has 7 nitrogen and oxygen atoms in total. The third kappa shape index (κ3) is 6.48. The predicted molar refractivity (Wildman–Crippen MR) is 152 cm³/mol. The van der Waals surface area contributed by atoms with Crippen LogP contribution < -0.4 is 14.8 Å². The van der Waals surface area contributed by atoms with Crippen molar-refractivity contribution in [2.75, 3.05) is 19.0 Å². The fourth-order valence-electron chi connectivity index (χ4n) is 3.36.